The Morgan fingerprint density at radius 1 is 1.25 bits per heavy atom. The van der Waals surface area contributed by atoms with Gasteiger partial charge in [-0.25, -0.2) is 0 Å². The summed E-state index contributed by atoms with van der Waals surface area (Å²) in [4.78, 5) is 33.9. The highest BCUT2D eigenvalue weighted by Gasteiger charge is 2.14. The molecule has 0 spiro atoms. The largest absolute Gasteiger partial charge is 0.481 e. The molecule has 0 atom stereocenters. The number of ether oxygens (including phenoxy) is 1. The van der Waals surface area contributed by atoms with Gasteiger partial charge in [-0.05, 0) is 13.3 Å². The third-order valence-electron chi connectivity index (χ3n) is 1.88. The Bertz CT molecular complexity index is 264. The number of hydrogen-bond donors (Lipinski definition) is 1. The summed E-state index contributed by atoms with van der Waals surface area (Å²) in [5.41, 5.74) is 0. The minimum atomic E-state index is -1.24. The number of carbonyl (C=O) groups is 3. The van der Waals surface area contributed by atoms with Crippen LogP contribution in [0, 0.1) is 0 Å². The van der Waals surface area contributed by atoms with Crippen molar-refractivity contribution in [1.29, 1.82) is 0 Å². The zero-order valence-corrected chi connectivity index (χ0v) is 9.56. The molecule has 0 unspecified atom stereocenters. The predicted molar refractivity (Wildman–Crippen MR) is 55.5 cm³/mol. The van der Waals surface area contributed by atoms with E-state index >= 15 is 0 Å². The second-order valence-electron chi connectivity index (χ2n) is 3.22. The van der Waals surface area contributed by atoms with Gasteiger partial charge in [0.15, 0.2) is 6.73 Å². The molecular weight excluding hydrogens is 214 g/mol. The van der Waals surface area contributed by atoms with Crippen molar-refractivity contribution in [2.75, 3.05) is 13.3 Å². The summed E-state index contributed by atoms with van der Waals surface area (Å²) in [6, 6.07) is 0. The Morgan fingerprint density at radius 2 is 1.88 bits per heavy atom. The Hall–Kier alpha value is -1.59. The molecule has 0 aliphatic carbocycles. The van der Waals surface area contributed by atoms with Gasteiger partial charge in [0, 0.05) is 13.0 Å². The number of aliphatic carboxylic acids is 1. The van der Waals surface area contributed by atoms with E-state index in [-0.39, 0.29) is 12.6 Å². The number of carbonyl (C=O) groups excluding carboxylic acids is 2. The molecule has 0 heterocycles. The molecule has 0 aromatic rings. The summed E-state index contributed by atoms with van der Waals surface area (Å²) in [7, 11) is 0. The molecule has 0 saturated carbocycles. The van der Waals surface area contributed by atoms with E-state index in [2.05, 4.69) is 4.74 Å². The molecule has 0 aromatic heterocycles. The van der Waals surface area contributed by atoms with E-state index in [4.69, 9.17) is 5.11 Å². The summed E-state index contributed by atoms with van der Waals surface area (Å²) < 4.78 is 4.66. The molecule has 92 valence electrons. The fraction of sp³-hybridized carbons (Fsp3) is 0.700. The Labute approximate surface area is 94.2 Å². The molecular formula is C10H17NO5. The number of carboxylic acid groups (broad SMARTS) is 1. The van der Waals surface area contributed by atoms with E-state index in [0.29, 0.717) is 13.0 Å². The number of rotatable bonds is 7. The lowest BCUT2D eigenvalue weighted by Crippen LogP contribution is -2.34. The Kier molecular flexibility index (Phi) is 6.91. The predicted octanol–water partition coefficient (Wildman–Crippen LogP) is 0.610. The smallest absolute Gasteiger partial charge is 0.318 e. The second-order valence-corrected chi connectivity index (χ2v) is 3.22. The molecule has 1 N–H and O–H groups in total. The van der Waals surface area contributed by atoms with Crippen LogP contribution in [-0.4, -0.2) is 41.1 Å². The summed E-state index contributed by atoms with van der Waals surface area (Å²) in [6.45, 7) is 3.89. The number of nitrogens with zero attached hydrogens (tertiary/aromatic N) is 1. The zero-order valence-electron chi connectivity index (χ0n) is 9.56. The van der Waals surface area contributed by atoms with E-state index in [1.54, 1.807) is 6.92 Å². The Morgan fingerprint density at radius 3 is 2.31 bits per heavy atom. The molecule has 6 nitrogen and oxygen atoms in total. The zero-order chi connectivity index (χ0) is 12.6. The minimum absolute atomic E-state index is 0.104. The molecule has 6 heteroatoms. The van der Waals surface area contributed by atoms with Crippen molar-refractivity contribution in [3.05, 3.63) is 0 Å². The van der Waals surface area contributed by atoms with Gasteiger partial charge in [-0.1, -0.05) is 6.92 Å². The molecule has 0 rings (SSSR count). The lowest BCUT2D eigenvalue weighted by Gasteiger charge is -2.19. The first-order valence-corrected chi connectivity index (χ1v) is 5.16. The van der Waals surface area contributed by atoms with Gasteiger partial charge in [-0.2, -0.15) is 0 Å². The van der Waals surface area contributed by atoms with Crippen LogP contribution < -0.4 is 0 Å². The van der Waals surface area contributed by atoms with Crippen LogP contribution in [0.3, 0.4) is 0 Å². The number of amides is 1. The summed E-state index contributed by atoms with van der Waals surface area (Å²) in [5, 5.41) is 8.32. The van der Waals surface area contributed by atoms with Crippen molar-refractivity contribution in [2.24, 2.45) is 0 Å². The maximum Gasteiger partial charge on any atom is 0.318 e. The van der Waals surface area contributed by atoms with Crippen LogP contribution in [0.15, 0.2) is 0 Å². The summed E-state index contributed by atoms with van der Waals surface area (Å²) in [6.07, 6.45) is 0.433. The van der Waals surface area contributed by atoms with E-state index in [0.717, 1.165) is 6.42 Å². The summed E-state index contributed by atoms with van der Waals surface area (Å²) in [5.74, 6) is -2.18. The minimum Gasteiger partial charge on any atom is -0.481 e. The van der Waals surface area contributed by atoms with Crippen LogP contribution in [0.25, 0.3) is 0 Å². The Balaban J connectivity index is 3.99. The molecule has 0 radical (unpaired) electrons. The SMILES string of the molecule is CCCC(=O)N(CC)COC(=O)CC(=O)O. The maximum absolute atomic E-state index is 11.4. The second kappa shape index (κ2) is 7.67. The van der Waals surface area contributed by atoms with E-state index in [1.165, 1.54) is 4.90 Å². The lowest BCUT2D eigenvalue weighted by atomic mass is 10.3. The van der Waals surface area contributed by atoms with Gasteiger partial charge in [0.05, 0.1) is 0 Å². The van der Waals surface area contributed by atoms with Crippen LogP contribution >= 0.6 is 0 Å². The normalized spacial score (nSPS) is 9.62. The third kappa shape index (κ3) is 6.00. The van der Waals surface area contributed by atoms with Gasteiger partial charge in [-0.15, -0.1) is 0 Å². The molecule has 0 aromatic carbocycles. The first-order valence-electron chi connectivity index (χ1n) is 5.16. The van der Waals surface area contributed by atoms with E-state index < -0.39 is 18.4 Å². The highest BCUT2D eigenvalue weighted by atomic mass is 16.5. The van der Waals surface area contributed by atoms with Gasteiger partial charge in [-0.3, -0.25) is 14.4 Å². The monoisotopic (exact) mass is 231 g/mol. The van der Waals surface area contributed by atoms with Crippen molar-refractivity contribution in [1.82, 2.24) is 4.90 Å². The van der Waals surface area contributed by atoms with E-state index in [1.807, 2.05) is 6.92 Å². The highest BCUT2D eigenvalue weighted by molar-refractivity contribution is 5.90. The standard InChI is InChI=1S/C10H17NO5/c1-3-5-8(12)11(4-2)7-16-10(15)6-9(13)14/h3-7H2,1-2H3,(H,13,14). The molecule has 0 saturated heterocycles. The van der Waals surface area contributed by atoms with Crippen LogP contribution in [0.4, 0.5) is 0 Å². The molecule has 1 amide bonds. The van der Waals surface area contributed by atoms with E-state index in [9.17, 15) is 14.4 Å². The third-order valence-corrected chi connectivity index (χ3v) is 1.88. The topological polar surface area (TPSA) is 83.9 Å². The van der Waals surface area contributed by atoms with Crippen molar-refractivity contribution in [3.63, 3.8) is 0 Å². The number of hydrogen-bond acceptors (Lipinski definition) is 4. The fourth-order valence-electron chi connectivity index (χ4n) is 1.04. The van der Waals surface area contributed by atoms with Crippen LogP contribution in [-0.2, 0) is 19.1 Å². The maximum atomic E-state index is 11.4. The molecule has 0 bridgehead atoms. The number of esters is 1. The summed E-state index contributed by atoms with van der Waals surface area (Å²) >= 11 is 0. The molecule has 0 aliphatic rings. The van der Waals surface area contributed by atoms with Gasteiger partial charge >= 0.3 is 11.9 Å². The van der Waals surface area contributed by atoms with Crippen LogP contribution in [0.2, 0.25) is 0 Å². The first kappa shape index (κ1) is 14.4. The highest BCUT2D eigenvalue weighted by Crippen LogP contribution is 1.98. The van der Waals surface area contributed by atoms with Crippen molar-refractivity contribution in [2.45, 2.75) is 33.1 Å². The average Bonchev–Trinajstić information content (AvgIpc) is 2.17. The van der Waals surface area contributed by atoms with Crippen LogP contribution in [0.1, 0.15) is 33.1 Å². The van der Waals surface area contributed by atoms with Gasteiger partial charge < -0.3 is 14.7 Å². The van der Waals surface area contributed by atoms with Gasteiger partial charge in [0.2, 0.25) is 5.91 Å². The van der Waals surface area contributed by atoms with Crippen LogP contribution in [0.5, 0.6) is 0 Å². The van der Waals surface area contributed by atoms with Crippen molar-refractivity contribution < 1.29 is 24.2 Å². The first-order chi connectivity index (χ1) is 7.51. The average molecular weight is 231 g/mol. The van der Waals surface area contributed by atoms with Crippen molar-refractivity contribution >= 4 is 17.8 Å². The quantitative estimate of drug-likeness (QED) is 0.394. The molecule has 16 heavy (non-hydrogen) atoms. The number of carboxylic acids is 1. The molecule has 0 fully saturated rings. The van der Waals surface area contributed by atoms with Crippen molar-refractivity contribution in [3.8, 4) is 0 Å². The van der Waals surface area contributed by atoms with Gasteiger partial charge in [0.1, 0.15) is 6.42 Å². The lowest BCUT2D eigenvalue weighted by molar-refractivity contribution is -0.156. The van der Waals surface area contributed by atoms with Gasteiger partial charge in [0.25, 0.3) is 0 Å². The fourth-order valence-corrected chi connectivity index (χ4v) is 1.04. The molecule has 0 aliphatic heterocycles.